The third-order valence-corrected chi connectivity index (χ3v) is 5.69. The zero-order valence-electron chi connectivity index (χ0n) is 17.0. The molecule has 0 saturated heterocycles. The Morgan fingerprint density at radius 3 is 2.30 bits per heavy atom. The number of urea groups is 1. The van der Waals surface area contributed by atoms with Crippen LogP contribution in [0, 0.1) is 0 Å². The Labute approximate surface area is 180 Å². The molecule has 156 valence electrons. The largest absolute Gasteiger partial charge is 0.338 e. The Morgan fingerprint density at radius 2 is 1.67 bits per heavy atom. The van der Waals surface area contributed by atoms with Gasteiger partial charge >= 0.3 is 6.03 Å². The molecule has 7 nitrogen and oxygen atoms in total. The van der Waals surface area contributed by atoms with E-state index in [2.05, 4.69) is 20.8 Å². The van der Waals surface area contributed by atoms with Crippen molar-refractivity contribution >= 4 is 23.7 Å². The van der Waals surface area contributed by atoms with E-state index in [0.29, 0.717) is 24.7 Å². The van der Waals surface area contributed by atoms with Crippen LogP contribution in [0.4, 0.5) is 4.79 Å². The number of nitrogens with one attached hydrogen (secondary N) is 2. The van der Waals surface area contributed by atoms with E-state index in [-0.39, 0.29) is 0 Å². The molecule has 2 N–H and O–H groups in total. The quantitative estimate of drug-likeness (QED) is 0.541. The molecule has 3 aromatic rings. The van der Waals surface area contributed by atoms with Crippen LogP contribution in [-0.2, 0) is 17.8 Å². The predicted molar refractivity (Wildman–Crippen MR) is 117 cm³/mol. The van der Waals surface area contributed by atoms with Gasteiger partial charge in [0, 0.05) is 19.5 Å². The van der Waals surface area contributed by atoms with Crippen molar-refractivity contribution in [3.8, 4) is 0 Å². The van der Waals surface area contributed by atoms with Gasteiger partial charge in [0.05, 0.1) is 0 Å². The molecule has 3 rings (SSSR count). The highest BCUT2D eigenvalue weighted by atomic mass is 32.2. The van der Waals surface area contributed by atoms with Crippen molar-refractivity contribution in [2.75, 3.05) is 6.54 Å². The third-order valence-electron chi connectivity index (χ3n) is 4.45. The lowest BCUT2D eigenvalue weighted by molar-refractivity contribution is -0.119. The van der Waals surface area contributed by atoms with E-state index >= 15 is 0 Å². The summed E-state index contributed by atoms with van der Waals surface area (Å²) in [5.41, 5.74) is 1.93. The van der Waals surface area contributed by atoms with Gasteiger partial charge in [0.1, 0.15) is 11.1 Å². The van der Waals surface area contributed by atoms with Gasteiger partial charge in [0.15, 0.2) is 5.16 Å². The summed E-state index contributed by atoms with van der Waals surface area (Å²) in [5.74, 6) is 0.439. The lowest BCUT2D eigenvalue weighted by atomic mass is 10.1. The second kappa shape index (κ2) is 10.6. The van der Waals surface area contributed by atoms with Gasteiger partial charge in [0.2, 0.25) is 5.91 Å². The average molecular weight is 424 g/mol. The fourth-order valence-electron chi connectivity index (χ4n) is 3.02. The van der Waals surface area contributed by atoms with E-state index in [9.17, 15) is 9.59 Å². The molecule has 0 aliphatic carbocycles. The smallest absolute Gasteiger partial charge is 0.321 e. The summed E-state index contributed by atoms with van der Waals surface area (Å²) < 4.78 is 2.01. The highest BCUT2D eigenvalue weighted by molar-refractivity contribution is 8.00. The van der Waals surface area contributed by atoms with Crippen LogP contribution >= 0.6 is 11.8 Å². The Hall–Kier alpha value is -3.13. The van der Waals surface area contributed by atoms with Gasteiger partial charge < -0.3 is 9.88 Å². The normalized spacial score (nSPS) is 11.7. The maximum Gasteiger partial charge on any atom is 0.321 e. The van der Waals surface area contributed by atoms with Crippen LogP contribution in [0.15, 0.2) is 65.8 Å². The number of rotatable bonds is 8. The van der Waals surface area contributed by atoms with Crippen molar-refractivity contribution in [2.24, 2.45) is 0 Å². The SMILES string of the molecule is CCNC(=O)NC(=O)[C@@H](Sc1nnc(Cc2ccccc2)n1CC)c1ccccc1. The predicted octanol–water partition coefficient (Wildman–Crippen LogP) is 3.57. The number of thioether (sulfide) groups is 1. The number of imide groups is 1. The fourth-order valence-corrected chi connectivity index (χ4v) is 4.14. The molecule has 0 aliphatic rings. The molecule has 30 heavy (non-hydrogen) atoms. The second-order valence-electron chi connectivity index (χ2n) is 6.56. The number of carbonyl (C=O) groups is 2. The molecule has 0 unspecified atom stereocenters. The number of hydrogen-bond acceptors (Lipinski definition) is 5. The van der Waals surface area contributed by atoms with Crippen LogP contribution in [0.1, 0.15) is 36.0 Å². The minimum atomic E-state index is -0.632. The Morgan fingerprint density at radius 1 is 1.00 bits per heavy atom. The van der Waals surface area contributed by atoms with Crippen LogP contribution < -0.4 is 10.6 Å². The maximum atomic E-state index is 12.9. The molecule has 1 atom stereocenters. The van der Waals surface area contributed by atoms with Crippen molar-refractivity contribution in [3.63, 3.8) is 0 Å². The zero-order valence-corrected chi connectivity index (χ0v) is 17.9. The summed E-state index contributed by atoms with van der Waals surface area (Å²) in [4.78, 5) is 24.8. The molecule has 0 saturated carbocycles. The van der Waals surface area contributed by atoms with Crippen molar-refractivity contribution in [3.05, 3.63) is 77.6 Å². The number of hydrogen-bond donors (Lipinski definition) is 2. The topological polar surface area (TPSA) is 88.9 Å². The van der Waals surface area contributed by atoms with Crippen LogP contribution in [0.5, 0.6) is 0 Å². The highest BCUT2D eigenvalue weighted by Crippen LogP contribution is 2.35. The van der Waals surface area contributed by atoms with E-state index in [0.717, 1.165) is 17.0 Å². The number of aromatic nitrogens is 3. The first-order valence-electron chi connectivity index (χ1n) is 9.88. The molecule has 2 aromatic carbocycles. The lowest BCUT2D eigenvalue weighted by Gasteiger charge is -2.16. The number of benzene rings is 2. The van der Waals surface area contributed by atoms with E-state index in [1.54, 1.807) is 6.92 Å². The standard InChI is InChI=1S/C22H25N5O2S/c1-3-23-21(29)24-20(28)19(17-13-9-6-10-14-17)30-22-26-25-18(27(22)4-2)15-16-11-7-5-8-12-16/h5-14,19H,3-4,15H2,1-2H3,(H2,23,24,28,29)/t19-/m0/s1. The van der Waals surface area contributed by atoms with E-state index in [4.69, 9.17) is 0 Å². The van der Waals surface area contributed by atoms with Gasteiger partial charge in [-0.25, -0.2) is 4.79 Å². The minimum absolute atomic E-state index is 0.396. The first kappa shape index (κ1) is 21.6. The van der Waals surface area contributed by atoms with Crippen molar-refractivity contribution in [1.29, 1.82) is 0 Å². The van der Waals surface area contributed by atoms with Gasteiger partial charge in [0.25, 0.3) is 0 Å². The molecule has 0 bridgehead atoms. The van der Waals surface area contributed by atoms with Gasteiger partial charge in [-0.3, -0.25) is 10.1 Å². The number of amides is 3. The Kier molecular flexibility index (Phi) is 7.62. The van der Waals surface area contributed by atoms with Crippen LogP contribution in [0.3, 0.4) is 0 Å². The minimum Gasteiger partial charge on any atom is -0.338 e. The molecular weight excluding hydrogens is 398 g/mol. The van der Waals surface area contributed by atoms with Crippen LogP contribution in [-0.4, -0.2) is 33.2 Å². The summed E-state index contributed by atoms with van der Waals surface area (Å²) >= 11 is 1.29. The molecule has 0 aliphatic heterocycles. The molecule has 1 heterocycles. The van der Waals surface area contributed by atoms with Gasteiger partial charge in [-0.05, 0) is 25.0 Å². The van der Waals surface area contributed by atoms with Crippen molar-refractivity contribution in [2.45, 2.75) is 37.2 Å². The highest BCUT2D eigenvalue weighted by Gasteiger charge is 2.26. The maximum absolute atomic E-state index is 12.9. The van der Waals surface area contributed by atoms with Crippen molar-refractivity contribution < 1.29 is 9.59 Å². The molecular formula is C22H25N5O2S. The number of carbonyl (C=O) groups excluding carboxylic acids is 2. The molecule has 0 radical (unpaired) electrons. The van der Waals surface area contributed by atoms with Crippen LogP contribution in [0.2, 0.25) is 0 Å². The summed E-state index contributed by atoms with van der Waals surface area (Å²) in [6.07, 6.45) is 0.656. The van der Waals surface area contributed by atoms with Crippen molar-refractivity contribution in [1.82, 2.24) is 25.4 Å². The Balaban J connectivity index is 1.85. The first-order valence-corrected chi connectivity index (χ1v) is 10.8. The van der Waals surface area contributed by atoms with E-state index in [1.807, 2.05) is 72.2 Å². The van der Waals surface area contributed by atoms with Gasteiger partial charge in [-0.1, -0.05) is 72.4 Å². The number of nitrogens with zero attached hydrogens (tertiary/aromatic N) is 3. The summed E-state index contributed by atoms with van der Waals surface area (Å²) in [6.45, 7) is 4.94. The van der Waals surface area contributed by atoms with E-state index < -0.39 is 17.2 Å². The lowest BCUT2D eigenvalue weighted by Crippen LogP contribution is -2.41. The molecule has 8 heteroatoms. The molecule has 0 spiro atoms. The Bertz CT molecular complexity index is 976. The molecule has 3 amide bonds. The third kappa shape index (κ3) is 5.48. The summed E-state index contributed by atoms with van der Waals surface area (Å²) in [6, 6.07) is 18.9. The average Bonchev–Trinajstić information content (AvgIpc) is 3.14. The van der Waals surface area contributed by atoms with E-state index in [1.165, 1.54) is 11.8 Å². The monoisotopic (exact) mass is 423 g/mol. The zero-order chi connectivity index (χ0) is 21.3. The first-order chi connectivity index (χ1) is 14.6. The fraction of sp³-hybridized carbons (Fsp3) is 0.273. The van der Waals surface area contributed by atoms with Crippen LogP contribution in [0.25, 0.3) is 0 Å². The second-order valence-corrected chi connectivity index (χ2v) is 7.63. The van der Waals surface area contributed by atoms with Gasteiger partial charge in [-0.15, -0.1) is 10.2 Å². The van der Waals surface area contributed by atoms with Gasteiger partial charge in [-0.2, -0.15) is 0 Å². The molecule has 1 aromatic heterocycles. The molecule has 0 fully saturated rings. The summed E-state index contributed by atoms with van der Waals surface area (Å²) in [7, 11) is 0. The summed E-state index contributed by atoms with van der Waals surface area (Å²) in [5, 5.41) is 13.7.